The van der Waals surface area contributed by atoms with E-state index in [1.54, 1.807) is 39.1 Å². The second-order valence-corrected chi connectivity index (χ2v) is 9.54. The van der Waals surface area contributed by atoms with Gasteiger partial charge in [0.1, 0.15) is 4.90 Å². The number of nitrogens with zero attached hydrogens (tertiary/aromatic N) is 2. The van der Waals surface area contributed by atoms with Crippen molar-refractivity contribution in [3.8, 4) is 0 Å². The van der Waals surface area contributed by atoms with Gasteiger partial charge in [-0.2, -0.15) is 4.31 Å². The van der Waals surface area contributed by atoms with E-state index in [9.17, 15) is 18.3 Å². The Bertz CT molecular complexity index is 968. The number of carboxylic acid groups (broad SMARTS) is 1. The molecule has 25 heavy (non-hydrogen) atoms. The zero-order chi connectivity index (χ0) is 18.6. The molecule has 1 fully saturated rings. The molecule has 2 aromatic rings. The number of carbonyl (C=O) groups is 1. The number of rotatable bonds is 3. The zero-order valence-electron chi connectivity index (χ0n) is 14.8. The van der Waals surface area contributed by atoms with Crippen LogP contribution >= 0.6 is 0 Å². The quantitative estimate of drug-likeness (QED) is 0.907. The first kappa shape index (κ1) is 17.8. The molecule has 1 saturated heterocycles. The van der Waals surface area contributed by atoms with Crippen LogP contribution < -0.4 is 0 Å². The van der Waals surface area contributed by atoms with Gasteiger partial charge in [-0.1, -0.05) is 6.07 Å². The summed E-state index contributed by atoms with van der Waals surface area (Å²) in [5.41, 5.74) is -0.676. The molecule has 134 valence electrons. The molecule has 1 unspecified atom stereocenters. The molecule has 1 atom stereocenters. The topological polar surface area (TPSA) is 87.6 Å². The van der Waals surface area contributed by atoms with E-state index in [0.29, 0.717) is 5.52 Å². The van der Waals surface area contributed by atoms with Gasteiger partial charge in [0.05, 0.1) is 10.9 Å². The summed E-state index contributed by atoms with van der Waals surface area (Å²) in [7, 11) is -3.89. The molecule has 1 aliphatic rings. The lowest BCUT2D eigenvalue weighted by atomic mass is 9.84. The van der Waals surface area contributed by atoms with Crippen LogP contribution in [-0.2, 0) is 14.8 Å². The average Bonchev–Trinajstić information content (AvgIpc) is 2.77. The minimum Gasteiger partial charge on any atom is -0.481 e. The smallest absolute Gasteiger partial charge is 0.310 e. The Morgan fingerprint density at radius 1 is 1.28 bits per heavy atom. The zero-order valence-corrected chi connectivity index (χ0v) is 15.6. The molecule has 1 aromatic carbocycles. The first-order chi connectivity index (χ1) is 11.5. The van der Waals surface area contributed by atoms with Gasteiger partial charge in [0.2, 0.25) is 10.0 Å². The fraction of sp³-hybridized carbons (Fsp3) is 0.444. The van der Waals surface area contributed by atoms with Crippen molar-refractivity contribution in [3.63, 3.8) is 0 Å². The standard InChI is InChI=1S/C18H22N2O4S/c1-12-8-13-6-5-7-19-15(13)14(9-12)25(23,24)20-11-18(4,16(21)22)10-17(20,2)3/h5-9H,10-11H2,1-4H3,(H,21,22). The van der Waals surface area contributed by atoms with Gasteiger partial charge in [-0.05, 0) is 57.9 Å². The van der Waals surface area contributed by atoms with Crippen molar-refractivity contribution in [1.29, 1.82) is 0 Å². The summed E-state index contributed by atoms with van der Waals surface area (Å²) in [6, 6.07) is 7.08. The molecule has 0 bridgehead atoms. The second-order valence-electron chi connectivity index (χ2n) is 7.70. The Morgan fingerprint density at radius 2 is 1.96 bits per heavy atom. The summed E-state index contributed by atoms with van der Waals surface area (Å²) in [6.45, 7) is 6.91. The minimum atomic E-state index is -3.89. The van der Waals surface area contributed by atoms with Crippen molar-refractivity contribution < 1.29 is 18.3 Å². The predicted molar refractivity (Wildman–Crippen MR) is 94.8 cm³/mol. The number of hydrogen-bond donors (Lipinski definition) is 1. The van der Waals surface area contributed by atoms with Gasteiger partial charge in [0.25, 0.3) is 0 Å². The molecule has 1 aliphatic heterocycles. The molecule has 1 N–H and O–H groups in total. The van der Waals surface area contributed by atoms with Crippen molar-refractivity contribution in [2.24, 2.45) is 5.41 Å². The Hall–Kier alpha value is -1.99. The molecular weight excluding hydrogens is 340 g/mol. The number of carboxylic acids is 1. The summed E-state index contributed by atoms with van der Waals surface area (Å²) in [4.78, 5) is 16.0. The maximum Gasteiger partial charge on any atom is 0.310 e. The molecule has 0 saturated carbocycles. The molecule has 0 radical (unpaired) electrons. The summed E-state index contributed by atoms with van der Waals surface area (Å²) in [5, 5.41) is 10.3. The van der Waals surface area contributed by atoms with Crippen LogP contribution in [0.2, 0.25) is 0 Å². The maximum atomic E-state index is 13.4. The van der Waals surface area contributed by atoms with Gasteiger partial charge in [0.15, 0.2) is 0 Å². The minimum absolute atomic E-state index is 0.0556. The largest absolute Gasteiger partial charge is 0.481 e. The van der Waals surface area contributed by atoms with Crippen molar-refractivity contribution >= 4 is 26.9 Å². The summed E-state index contributed by atoms with van der Waals surface area (Å²) >= 11 is 0. The normalized spacial score (nSPS) is 23.8. The molecular formula is C18H22N2O4S. The van der Waals surface area contributed by atoms with Crippen molar-refractivity contribution in [3.05, 3.63) is 36.0 Å². The molecule has 1 aromatic heterocycles. The summed E-state index contributed by atoms with van der Waals surface area (Å²) < 4.78 is 28.2. The van der Waals surface area contributed by atoms with Crippen LogP contribution in [0.4, 0.5) is 0 Å². The van der Waals surface area contributed by atoms with E-state index >= 15 is 0 Å². The first-order valence-electron chi connectivity index (χ1n) is 8.09. The summed E-state index contributed by atoms with van der Waals surface area (Å²) in [5.74, 6) is -0.981. The highest BCUT2D eigenvalue weighted by atomic mass is 32.2. The van der Waals surface area contributed by atoms with Crippen LogP contribution in [0.15, 0.2) is 35.4 Å². The summed E-state index contributed by atoms with van der Waals surface area (Å²) in [6.07, 6.45) is 1.82. The third-order valence-corrected chi connectivity index (χ3v) is 6.96. The number of fused-ring (bicyclic) bond motifs is 1. The Kier molecular flexibility index (Phi) is 3.92. The lowest BCUT2D eigenvalue weighted by Crippen LogP contribution is -2.43. The van der Waals surface area contributed by atoms with Crippen LogP contribution in [-0.4, -0.2) is 40.9 Å². The van der Waals surface area contributed by atoms with Gasteiger partial charge in [-0.3, -0.25) is 9.78 Å². The van der Waals surface area contributed by atoms with E-state index in [-0.39, 0.29) is 17.9 Å². The first-order valence-corrected chi connectivity index (χ1v) is 9.53. The Balaban J connectivity index is 2.20. The molecule has 7 heteroatoms. The van der Waals surface area contributed by atoms with E-state index in [1.807, 2.05) is 19.1 Å². The Labute approximate surface area is 147 Å². The van der Waals surface area contributed by atoms with Crippen molar-refractivity contribution in [2.45, 2.75) is 44.6 Å². The van der Waals surface area contributed by atoms with Gasteiger partial charge >= 0.3 is 5.97 Å². The van der Waals surface area contributed by atoms with Crippen molar-refractivity contribution in [1.82, 2.24) is 9.29 Å². The molecule has 0 spiro atoms. The monoisotopic (exact) mass is 362 g/mol. The van der Waals surface area contributed by atoms with Crippen LogP contribution in [0, 0.1) is 12.3 Å². The number of sulfonamides is 1. The van der Waals surface area contributed by atoms with Crippen molar-refractivity contribution in [2.75, 3.05) is 6.54 Å². The highest BCUT2D eigenvalue weighted by Crippen LogP contribution is 2.45. The van der Waals surface area contributed by atoms with Gasteiger partial charge in [0, 0.05) is 23.7 Å². The van der Waals surface area contributed by atoms with Crippen LogP contribution in [0.3, 0.4) is 0 Å². The van der Waals surface area contributed by atoms with E-state index in [4.69, 9.17) is 0 Å². The van der Waals surface area contributed by atoms with E-state index in [0.717, 1.165) is 10.9 Å². The third-order valence-electron chi connectivity index (χ3n) is 4.89. The number of hydrogen-bond acceptors (Lipinski definition) is 4. The Morgan fingerprint density at radius 3 is 2.56 bits per heavy atom. The van der Waals surface area contributed by atoms with E-state index in [2.05, 4.69) is 4.98 Å². The van der Waals surface area contributed by atoms with E-state index in [1.165, 1.54) is 4.31 Å². The highest BCUT2D eigenvalue weighted by Gasteiger charge is 2.54. The second kappa shape index (κ2) is 5.51. The van der Waals surface area contributed by atoms with Gasteiger partial charge < -0.3 is 5.11 Å². The van der Waals surface area contributed by atoms with E-state index < -0.39 is 26.9 Å². The fourth-order valence-electron chi connectivity index (χ4n) is 3.80. The predicted octanol–water partition coefficient (Wildman–Crippen LogP) is 2.81. The molecule has 6 nitrogen and oxygen atoms in total. The molecule has 0 aliphatic carbocycles. The molecule has 3 rings (SSSR count). The van der Waals surface area contributed by atoms with Gasteiger partial charge in [-0.15, -0.1) is 0 Å². The van der Waals surface area contributed by atoms with Crippen LogP contribution in [0.1, 0.15) is 32.8 Å². The average molecular weight is 362 g/mol. The third kappa shape index (κ3) is 2.81. The molecule has 2 heterocycles. The van der Waals surface area contributed by atoms with Crippen LogP contribution in [0.5, 0.6) is 0 Å². The molecule has 0 amide bonds. The SMILES string of the molecule is Cc1cc(S(=O)(=O)N2CC(C)(C(=O)O)CC2(C)C)c2ncccc2c1. The maximum absolute atomic E-state index is 13.4. The number of pyridine rings is 1. The number of aryl methyl sites for hydroxylation is 1. The fourth-order valence-corrected chi connectivity index (χ4v) is 5.96. The number of benzene rings is 1. The van der Waals surface area contributed by atoms with Gasteiger partial charge in [-0.25, -0.2) is 8.42 Å². The lowest BCUT2D eigenvalue weighted by molar-refractivity contribution is -0.147. The highest BCUT2D eigenvalue weighted by molar-refractivity contribution is 7.89. The van der Waals surface area contributed by atoms with Crippen LogP contribution in [0.25, 0.3) is 10.9 Å². The number of aromatic nitrogens is 1. The number of aliphatic carboxylic acids is 1. The lowest BCUT2D eigenvalue weighted by Gasteiger charge is -2.30.